The molecule has 32 heavy (non-hydrogen) atoms. The summed E-state index contributed by atoms with van der Waals surface area (Å²) in [4.78, 5) is 20.0. The van der Waals surface area contributed by atoms with E-state index in [-0.39, 0.29) is 5.92 Å². The zero-order chi connectivity index (χ0) is 22.1. The number of benzene rings is 1. The van der Waals surface area contributed by atoms with Crippen molar-refractivity contribution in [2.24, 2.45) is 11.8 Å². The number of nitrogens with one attached hydrogen (secondary N) is 1. The number of likely N-dealkylation sites (tertiary alicyclic amines) is 1. The van der Waals surface area contributed by atoms with Gasteiger partial charge in [0.1, 0.15) is 13.7 Å². The van der Waals surface area contributed by atoms with Crippen LogP contribution in [0.4, 0.5) is 5.82 Å². The maximum Gasteiger partial charge on any atom is 0.225 e. The second-order valence-electron chi connectivity index (χ2n) is 9.56. The third-order valence-electron chi connectivity index (χ3n) is 7.18. The molecule has 1 unspecified atom stereocenters. The molecule has 1 aromatic carbocycles. The fourth-order valence-electron chi connectivity index (χ4n) is 5.31. The Morgan fingerprint density at radius 3 is 2.81 bits per heavy atom. The van der Waals surface area contributed by atoms with Crippen LogP contribution in [0.5, 0.6) is 0 Å². The summed E-state index contributed by atoms with van der Waals surface area (Å²) in [7, 11) is 2.05. The summed E-state index contributed by atoms with van der Waals surface area (Å²) in [5.41, 5.74) is 5.26. The van der Waals surface area contributed by atoms with Crippen molar-refractivity contribution in [3.8, 4) is 11.3 Å². The van der Waals surface area contributed by atoms with Gasteiger partial charge in [-0.2, -0.15) is 9.61 Å². The van der Waals surface area contributed by atoms with E-state index in [0.29, 0.717) is 11.8 Å². The largest absolute Gasteiger partial charge is 0.370 e. The van der Waals surface area contributed by atoms with Gasteiger partial charge >= 0.3 is 0 Å². The highest BCUT2D eigenvalue weighted by Gasteiger charge is 2.30. The minimum atomic E-state index is 0.269. The Labute approximate surface area is 190 Å². The molecule has 3 heterocycles. The molecule has 0 spiro atoms. The van der Waals surface area contributed by atoms with Gasteiger partial charge in [-0.25, -0.2) is 4.98 Å². The van der Waals surface area contributed by atoms with Crippen molar-refractivity contribution in [2.45, 2.75) is 45.4 Å². The first-order chi connectivity index (χ1) is 15.6. The van der Waals surface area contributed by atoms with Gasteiger partial charge in [-0.05, 0) is 49.6 Å². The SMILES string of the molecule is Bc1cnn2c(NCC3CCCN(C(=O)C4CCCC4)C3)cc(-c3ccccc3C)nc12. The van der Waals surface area contributed by atoms with Crippen LogP contribution in [0.2, 0.25) is 0 Å². The lowest BCUT2D eigenvalue weighted by atomic mass is 9.96. The molecule has 1 atom stereocenters. The summed E-state index contributed by atoms with van der Waals surface area (Å²) < 4.78 is 1.90. The third kappa shape index (κ3) is 4.13. The van der Waals surface area contributed by atoms with Gasteiger partial charge in [0.05, 0.1) is 5.69 Å². The Hall–Kier alpha value is -2.83. The van der Waals surface area contributed by atoms with Crippen molar-refractivity contribution in [1.82, 2.24) is 19.5 Å². The Morgan fingerprint density at radius 1 is 1.19 bits per heavy atom. The van der Waals surface area contributed by atoms with Gasteiger partial charge in [-0.1, -0.05) is 37.1 Å². The Kier molecular flexibility index (Phi) is 5.90. The van der Waals surface area contributed by atoms with Crippen LogP contribution >= 0.6 is 0 Å². The molecule has 2 fully saturated rings. The number of carbonyl (C=O) groups excluding carboxylic acids is 1. The van der Waals surface area contributed by atoms with Crippen molar-refractivity contribution in [2.75, 3.05) is 25.0 Å². The van der Waals surface area contributed by atoms with E-state index in [2.05, 4.69) is 52.6 Å². The van der Waals surface area contributed by atoms with Crippen LogP contribution in [-0.4, -0.2) is 52.9 Å². The molecule has 0 radical (unpaired) electrons. The second kappa shape index (κ2) is 8.97. The van der Waals surface area contributed by atoms with Crippen LogP contribution in [0.25, 0.3) is 16.9 Å². The standard InChI is InChI=1S/C25H32BN5O/c1-17-7-2-5-11-20(17)22-13-23(31-24(29-22)21(26)15-28-31)27-14-18-8-6-12-30(16-18)25(32)19-9-3-4-10-19/h2,5,7,11,13,15,18-19,27H,3-4,6,8-10,12,14,16,26H2,1H3. The normalized spacial score (nSPS) is 19.5. The van der Waals surface area contributed by atoms with Gasteiger partial charge in [-0.3, -0.25) is 4.79 Å². The predicted octanol–water partition coefficient (Wildman–Crippen LogP) is 2.80. The quantitative estimate of drug-likeness (QED) is 0.634. The fraction of sp³-hybridized carbons (Fsp3) is 0.480. The zero-order valence-corrected chi connectivity index (χ0v) is 19.2. The Morgan fingerprint density at radius 2 is 2.00 bits per heavy atom. The highest BCUT2D eigenvalue weighted by atomic mass is 16.2. The molecule has 1 aliphatic carbocycles. The minimum Gasteiger partial charge on any atom is -0.370 e. The van der Waals surface area contributed by atoms with E-state index in [1.54, 1.807) is 0 Å². The fourth-order valence-corrected chi connectivity index (χ4v) is 5.31. The van der Waals surface area contributed by atoms with E-state index in [1.807, 2.05) is 18.6 Å². The average molecular weight is 429 g/mol. The second-order valence-corrected chi connectivity index (χ2v) is 9.56. The van der Waals surface area contributed by atoms with Crippen LogP contribution in [0.1, 0.15) is 44.1 Å². The third-order valence-corrected chi connectivity index (χ3v) is 7.18. The van der Waals surface area contributed by atoms with Gasteiger partial charge in [0.25, 0.3) is 0 Å². The number of carbonyl (C=O) groups is 1. The maximum atomic E-state index is 12.9. The number of hydrogen-bond acceptors (Lipinski definition) is 4. The molecule has 1 amide bonds. The highest BCUT2D eigenvalue weighted by molar-refractivity contribution is 6.36. The van der Waals surface area contributed by atoms with Crippen molar-refractivity contribution < 1.29 is 4.79 Å². The van der Waals surface area contributed by atoms with Crippen molar-refractivity contribution in [3.63, 3.8) is 0 Å². The van der Waals surface area contributed by atoms with Crippen LogP contribution in [0.3, 0.4) is 0 Å². The molecular weight excluding hydrogens is 397 g/mol. The first kappa shape index (κ1) is 21.0. The predicted molar refractivity (Wildman–Crippen MR) is 131 cm³/mol. The van der Waals surface area contributed by atoms with Crippen molar-refractivity contribution in [3.05, 3.63) is 42.1 Å². The molecule has 1 saturated heterocycles. The number of aryl methyl sites for hydroxylation is 1. The molecule has 0 bridgehead atoms. The van der Waals surface area contributed by atoms with E-state index in [1.165, 1.54) is 18.4 Å². The monoisotopic (exact) mass is 429 g/mol. The lowest BCUT2D eigenvalue weighted by Gasteiger charge is -2.34. The first-order valence-electron chi connectivity index (χ1n) is 12.0. The molecule has 1 saturated carbocycles. The number of anilines is 1. The number of amides is 1. The number of rotatable bonds is 5. The van der Waals surface area contributed by atoms with E-state index < -0.39 is 0 Å². The smallest absolute Gasteiger partial charge is 0.225 e. The van der Waals surface area contributed by atoms with E-state index in [4.69, 9.17) is 4.98 Å². The maximum absolute atomic E-state index is 12.9. The molecule has 1 aliphatic heterocycles. The van der Waals surface area contributed by atoms with Crippen LogP contribution < -0.4 is 10.8 Å². The Bertz CT molecular complexity index is 1120. The molecular formula is C25H32BN5O. The summed E-state index contributed by atoms with van der Waals surface area (Å²) in [6, 6.07) is 10.5. The van der Waals surface area contributed by atoms with E-state index in [0.717, 1.165) is 73.5 Å². The molecule has 2 aromatic heterocycles. The number of piperidine rings is 1. The van der Waals surface area contributed by atoms with Gasteiger partial charge in [-0.15, -0.1) is 0 Å². The lowest BCUT2D eigenvalue weighted by Crippen LogP contribution is -2.44. The highest BCUT2D eigenvalue weighted by Crippen LogP contribution is 2.29. The molecule has 3 aromatic rings. The van der Waals surface area contributed by atoms with Gasteiger partial charge in [0, 0.05) is 43.4 Å². The van der Waals surface area contributed by atoms with Crippen molar-refractivity contribution >= 4 is 30.7 Å². The average Bonchev–Trinajstić information content (AvgIpc) is 3.48. The van der Waals surface area contributed by atoms with Crippen LogP contribution in [-0.2, 0) is 4.79 Å². The first-order valence-corrected chi connectivity index (χ1v) is 12.0. The number of aromatic nitrogens is 3. The topological polar surface area (TPSA) is 62.5 Å². The van der Waals surface area contributed by atoms with E-state index in [9.17, 15) is 4.79 Å². The molecule has 166 valence electrons. The van der Waals surface area contributed by atoms with Crippen LogP contribution in [0, 0.1) is 18.8 Å². The summed E-state index contributed by atoms with van der Waals surface area (Å²) in [5, 5.41) is 8.21. The van der Waals surface area contributed by atoms with Crippen molar-refractivity contribution in [1.29, 1.82) is 0 Å². The lowest BCUT2D eigenvalue weighted by molar-refractivity contribution is -0.137. The summed E-state index contributed by atoms with van der Waals surface area (Å²) in [5.74, 6) is 2.07. The van der Waals surface area contributed by atoms with Gasteiger partial charge in [0.15, 0.2) is 5.65 Å². The van der Waals surface area contributed by atoms with Gasteiger partial charge in [0.2, 0.25) is 5.91 Å². The summed E-state index contributed by atoms with van der Waals surface area (Å²) in [6.45, 7) is 4.73. The number of hydrogen-bond donors (Lipinski definition) is 1. The molecule has 5 rings (SSSR count). The molecule has 6 nitrogen and oxygen atoms in total. The molecule has 2 aliphatic rings. The summed E-state index contributed by atoms with van der Waals surface area (Å²) in [6.07, 6.45) is 8.68. The summed E-state index contributed by atoms with van der Waals surface area (Å²) >= 11 is 0. The zero-order valence-electron chi connectivity index (χ0n) is 19.2. The number of fused-ring (bicyclic) bond motifs is 1. The van der Waals surface area contributed by atoms with Crippen LogP contribution in [0.15, 0.2) is 36.5 Å². The van der Waals surface area contributed by atoms with Gasteiger partial charge < -0.3 is 10.2 Å². The molecule has 7 heteroatoms. The Balaban J connectivity index is 1.35. The van der Waals surface area contributed by atoms with E-state index >= 15 is 0 Å². The minimum absolute atomic E-state index is 0.269. The molecule has 1 N–H and O–H groups in total. The number of nitrogens with zero attached hydrogens (tertiary/aromatic N) is 4.